The van der Waals surface area contributed by atoms with E-state index in [1.165, 1.54) is 6.07 Å². The van der Waals surface area contributed by atoms with E-state index in [1.807, 2.05) is 0 Å². The summed E-state index contributed by atoms with van der Waals surface area (Å²) in [6.07, 6.45) is 2.37. The molecule has 0 saturated heterocycles. The number of hydrogen-bond donors (Lipinski definition) is 3. The number of carboxylic acids is 1. The minimum absolute atomic E-state index is 0.150. The highest BCUT2D eigenvalue weighted by atomic mass is 16.4. The lowest BCUT2D eigenvalue weighted by atomic mass is 9.99. The average molecular weight is 277 g/mol. The van der Waals surface area contributed by atoms with Gasteiger partial charge < -0.3 is 16.2 Å². The highest BCUT2D eigenvalue weighted by Gasteiger charge is 2.23. The number of fused-ring (bicyclic) bond motifs is 1. The summed E-state index contributed by atoms with van der Waals surface area (Å²) in [6.45, 7) is 1.74. The number of hydrogen-bond acceptors (Lipinski definition) is 3. The Morgan fingerprint density at radius 2 is 2.20 bits per heavy atom. The number of nitrogens with two attached hydrogens (primary N) is 1. The Kier molecular flexibility index (Phi) is 4.57. The van der Waals surface area contributed by atoms with Crippen LogP contribution in [0, 0.1) is 0 Å². The van der Waals surface area contributed by atoms with Gasteiger partial charge in [-0.2, -0.15) is 0 Å². The minimum Gasteiger partial charge on any atom is -0.478 e. The fourth-order valence-electron chi connectivity index (χ4n) is 2.33. The van der Waals surface area contributed by atoms with E-state index in [0.717, 1.165) is 30.5 Å². The molecule has 4 N–H and O–H groups in total. The van der Waals surface area contributed by atoms with Crippen molar-refractivity contribution in [3.8, 4) is 0 Å². The summed E-state index contributed by atoms with van der Waals surface area (Å²) in [4.78, 5) is 24.8. The molecule has 0 bridgehead atoms. The van der Waals surface area contributed by atoms with Gasteiger partial charge in [-0.3, -0.25) is 4.90 Å². The fourth-order valence-corrected chi connectivity index (χ4v) is 2.33. The molecule has 108 valence electrons. The van der Waals surface area contributed by atoms with Gasteiger partial charge in [0.25, 0.3) is 0 Å². The highest BCUT2D eigenvalue weighted by molar-refractivity contribution is 5.95. The van der Waals surface area contributed by atoms with Crippen LogP contribution in [-0.2, 0) is 6.42 Å². The predicted molar refractivity (Wildman–Crippen MR) is 76.1 cm³/mol. The average Bonchev–Trinajstić information content (AvgIpc) is 2.46. The van der Waals surface area contributed by atoms with Crippen LogP contribution in [0.2, 0.25) is 0 Å². The van der Waals surface area contributed by atoms with Gasteiger partial charge in [0, 0.05) is 18.8 Å². The predicted octanol–water partition coefficient (Wildman–Crippen LogP) is 1.20. The van der Waals surface area contributed by atoms with Gasteiger partial charge in [0.05, 0.1) is 5.56 Å². The molecule has 1 heterocycles. The molecule has 2 amide bonds. The molecular formula is C14H19N3O3. The maximum atomic E-state index is 12.1. The van der Waals surface area contributed by atoms with Gasteiger partial charge in [-0.05, 0) is 49.6 Å². The van der Waals surface area contributed by atoms with Crippen LogP contribution in [0.15, 0.2) is 18.2 Å². The Bertz CT molecular complexity index is 516. The summed E-state index contributed by atoms with van der Waals surface area (Å²) in [6, 6.07) is 4.74. The molecule has 0 spiro atoms. The van der Waals surface area contributed by atoms with Gasteiger partial charge >= 0.3 is 12.0 Å². The zero-order valence-corrected chi connectivity index (χ0v) is 11.3. The Hall–Kier alpha value is -2.08. The number of aromatic carboxylic acids is 1. The van der Waals surface area contributed by atoms with Gasteiger partial charge in [-0.1, -0.05) is 0 Å². The fraction of sp³-hybridized carbons (Fsp3) is 0.429. The lowest BCUT2D eigenvalue weighted by molar-refractivity contribution is 0.0696. The van der Waals surface area contributed by atoms with Crippen LogP contribution in [0.4, 0.5) is 10.5 Å². The van der Waals surface area contributed by atoms with E-state index in [2.05, 4.69) is 5.32 Å². The first-order valence-electron chi connectivity index (χ1n) is 6.75. The number of anilines is 1. The standard InChI is InChI=1S/C14H19N3O3/c15-6-2-7-16-14(20)17-8-1-3-10-9-11(13(18)19)4-5-12(10)17/h4-5,9H,1-3,6-8,15H2,(H,16,20)(H,18,19). The molecule has 0 unspecified atom stereocenters. The Balaban J connectivity index is 2.15. The zero-order valence-electron chi connectivity index (χ0n) is 11.3. The SMILES string of the molecule is NCCCNC(=O)N1CCCc2cc(C(=O)O)ccc21. The Morgan fingerprint density at radius 1 is 1.40 bits per heavy atom. The molecule has 1 aromatic rings. The van der Waals surface area contributed by atoms with Crippen molar-refractivity contribution in [2.45, 2.75) is 19.3 Å². The molecule has 0 aromatic heterocycles. The number of carbonyl (C=O) groups is 2. The second kappa shape index (κ2) is 6.38. The summed E-state index contributed by atoms with van der Waals surface area (Å²) < 4.78 is 0. The molecule has 0 saturated carbocycles. The number of benzene rings is 1. The molecular weight excluding hydrogens is 258 g/mol. The quantitative estimate of drug-likeness (QED) is 0.720. The third kappa shape index (κ3) is 3.08. The van der Waals surface area contributed by atoms with E-state index < -0.39 is 5.97 Å². The van der Waals surface area contributed by atoms with Crippen molar-refractivity contribution in [2.24, 2.45) is 5.73 Å². The van der Waals surface area contributed by atoms with Gasteiger partial charge in [0.2, 0.25) is 0 Å². The smallest absolute Gasteiger partial charge is 0.335 e. The van der Waals surface area contributed by atoms with Gasteiger partial charge in [-0.25, -0.2) is 9.59 Å². The number of nitrogens with zero attached hydrogens (tertiary/aromatic N) is 1. The lowest BCUT2D eigenvalue weighted by Gasteiger charge is -2.29. The molecule has 6 nitrogen and oxygen atoms in total. The summed E-state index contributed by atoms with van der Waals surface area (Å²) in [5, 5.41) is 11.8. The molecule has 1 aliphatic rings. The number of amides is 2. The van der Waals surface area contributed by atoms with Crippen molar-refractivity contribution < 1.29 is 14.7 Å². The normalized spacial score (nSPS) is 13.8. The number of rotatable bonds is 4. The van der Waals surface area contributed by atoms with Crippen LogP contribution in [-0.4, -0.2) is 36.7 Å². The molecule has 0 radical (unpaired) electrons. The summed E-state index contributed by atoms with van der Waals surface area (Å²) in [7, 11) is 0. The van der Waals surface area contributed by atoms with Crippen molar-refractivity contribution in [3.05, 3.63) is 29.3 Å². The van der Waals surface area contributed by atoms with Crippen LogP contribution in [0.25, 0.3) is 0 Å². The van der Waals surface area contributed by atoms with E-state index in [9.17, 15) is 9.59 Å². The topological polar surface area (TPSA) is 95.7 Å². The van der Waals surface area contributed by atoms with Crippen LogP contribution in [0.1, 0.15) is 28.8 Å². The van der Waals surface area contributed by atoms with Crippen LogP contribution >= 0.6 is 0 Å². The van der Waals surface area contributed by atoms with E-state index in [0.29, 0.717) is 19.6 Å². The third-order valence-electron chi connectivity index (χ3n) is 3.35. The van der Waals surface area contributed by atoms with Crippen molar-refractivity contribution >= 4 is 17.7 Å². The summed E-state index contributed by atoms with van der Waals surface area (Å²) in [5.41, 5.74) is 7.36. The number of aryl methyl sites for hydroxylation is 1. The number of carbonyl (C=O) groups excluding carboxylic acids is 1. The lowest BCUT2D eigenvalue weighted by Crippen LogP contribution is -2.43. The van der Waals surface area contributed by atoms with Crippen molar-refractivity contribution in [1.82, 2.24) is 5.32 Å². The summed E-state index contributed by atoms with van der Waals surface area (Å²) >= 11 is 0. The maximum absolute atomic E-state index is 12.1. The van der Waals surface area contributed by atoms with Crippen molar-refractivity contribution in [2.75, 3.05) is 24.5 Å². The van der Waals surface area contributed by atoms with E-state index in [-0.39, 0.29) is 11.6 Å². The number of nitrogens with one attached hydrogen (secondary N) is 1. The van der Waals surface area contributed by atoms with Gasteiger partial charge in [0.1, 0.15) is 0 Å². The molecule has 20 heavy (non-hydrogen) atoms. The van der Waals surface area contributed by atoms with Crippen LogP contribution in [0.3, 0.4) is 0 Å². The molecule has 1 aliphatic heterocycles. The second-order valence-electron chi connectivity index (χ2n) is 4.78. The van der Waals surface area contributed by atoms with Gasteiger partial charge in [-0.15, -0.1) is 0 Å². The molecule has 0 aliphatic carbocycles. The second-order valence-corrected chi connectivity index (χ2v) is 4.78. The molecule has 2 rings (SSSR count). The Morgan fingerprint density at radius 3 is 2.90 bits per heavy atom. The largest absolute Gasteiger partial charge is 0.478 e. The van der Waals surface area contributed by atoms with E-state index >= 15 is 0 Å². The number of carboxylic acid groups (broad SMARTS) is 1. The van der Waals surface area contributed by atoms with Gasteiger partial charge in [0.15, 0.2) is 0 Å². The van der Waals surface area contributed by atoms with E-state index in [1.54, 1.807) is 17.0 Å². The summed E-state index contributed by atoms with van der Waals surface area (Å²) in [5.74, 6) is -0.947. The maximum Gasteiger partial charge on any atom is 0.335 e. The van der Waals surface area contributed by atoms with Crippen LogP contribution < -0.4 is 16.0 Å². The first kappa shape index (κ1) is 14.3. The molecule has 1 aromatic carbocycles. The van der Waals surface area contributed by atoms with E-state index in [4.69, 9.17) is 10.8 Å². The zero-order chi connectivity index (χ0) is 14.5. The molecule has 0 atom stereocenters. The monoisotopic (exact) mass is 277 g/mol. The minimum atomic E-state index is -0.947. The van der Waals surface area contributed by atoms with Crippen molar-refractivity contribution in [3.63, 3.8) is 0 Å². The molecule has 6 heteroatoms. The first-order valence-corrected chi connectivity index (χ1v) is 6.75. The first-order chi connectivity index (χ1) is 9.63. The third-order valence-corrected chi connectivity index (χ3v) is 3.35. The van der Waals surface area contributed by atoms with Crippen LogP contribution in [0.5, 0.6) is 0 Å². The molecule has 0 fully saturated rings. The highest BCUT2D eigenvalue weighted by Crippen LogP contribution is 2.28. The Labute approximate surface area is 117 Å². The number of urea groups is 1. The van der Waals surface area contributed by atoms with Crippen molar-refractivity contribution in [1.29, 1.82) is 0 Å².